The SMILES string of the molecule is CC1=[C]([Zr+2]=[C]2CCCCC2)CC(C2=CC=CC2)=C1C.[Cl-].[Cl-]. The Morgan fingerprint density at radius 2 is 1.67 bits per heavy atom. The van der Waals surface area contributed by atoms with E-state index in [1.807, 2.05) is 6.49 Å². The number of hydrogen-bond acceptors (Lipinski definition) is 0. The Bertz CT molecular complexity index is 540. The van der Waals surface area contributed by atoms with E-state index in [1.165, 1.54) is 38.5 Å². The van der Waals surface area contributed by atoms with Crippen molar-refractivity contribution in [1.29, 1.82) is 0 Å². The second-order valence-electron chi connectivity index (χ2n) is 6.00. The average Bonchev–Trinajstić information content (AvgIpc) is 3.04. The van der Waals surface area contributed by atoms with Gasteiger partial charge in [0.2, 0.25) is 0 Å². The first-order chi connectivity index (χ1) is 9.25. The minimum atomic E-state index is -0.397. The predicted octanol–water partition coefficient (Wildman–Crippen LogP) is -0.906. The Labute approximate surface area is 152 Å². The second-order valence-corrected chi connectivity index (χ2v) is 9.83. The molecular weight excluding hydrogens is 378 g/mol. The van der Waals surface area contributed by atoms with Gasteiger partial charge in [0.15, 0.2) is 0 Å². The van der Waals surface area contributed by atoms with E-state index in [0.717, 1.165) is 6.42 Å². The fraction of sp³-hybridized carbons (Fsp3) is 0.500. The Morgan fingerprint density at radius 1 is 0.952 bits per heavy atom. The van der Waals surface area contributed by atoms with E-state index in [1.54, 1.807) is 22.3 Å². The zero-order chi connectivity index (χ0) is 13.2. The molecule has 0 aromatic carbocycles. The standard InChI is InChI=1S/C12H13.C6H10.2ClH.Zr/c1-9-7-8-12(10(9)2)11-5-3-4-6-11;1-2-4-6-5-3-1;;;/h3-5H,6,8H2,1-2H3;1-5H2;2*1H;/q;;;;+2/p-2. The molecule has 0 atom stereocenters. The number of hydrogen-bond donors (Lipinski definition) is 0. The molecule has 3 aliphatic carbocycles. The van der Waals surface area contributed by atoms with Crippen LogP contribution in [0.4, 0.5) is 0 Å². The van der Waals surface area contributed by atoms with Gasteiger partial charge in [0.1, 0.15) is 0 Å². The summed E-state index contributed by atoms with van der Waals surface area (Å²) < 4.78 is 3.86. The molecule has 3 rings (SSSR count). The zero-order valence-electron chi connectivity index (χ0n) is 12.9. The largest absolute Gasteiger partial charge is 1.00 e. The Morgan fingerprint density at radius 3 is 2.29 bits per heavy atom. The van der Waals surface area contributed by atoms with Crippen LogP contribution < -0.4 is 24.8 Å². The van der Waals surface area contributed by atoms with Crippen LogP contribution in [-0.4, -0.2) is 3.21 Å². The molecule has 0 amide bonds. The molecule has 1 saturated carbocycles. The molecule has 0 aromatic rings. The van der Waals surface area contributed by atoms with Crippen molar-refractivity contribution in [2.45, 2.75) is 58.8 Å². The molecule has 0 aromatic heterocycles. The third-order valence-corrected chi connectivity index (χ3v) is 8.96. The topological polar surface area (TPSA) is 0 Å². The summed E-state index contributed by atoms with van der Waals surface area (Å²) in [6, 6.07) is 0. The van der Waals surface area contributed by atoms with Gasteiger partial charge in [0, 0.05) is 0 Å². The smallest absolute Gasteiger partial charge is 1.00 e. The van der Waals surface area contributed by atoms with Gasteiger partial charge in [-0.05, 0) is 0 Å². The molecule has 0 radical (unpaired) electrons. The molecule has 0 saturated heterocycles. The molecule has 0 N–H and O–H groups in total. The minimum absolute atomic E-state index is 0. The molecule has 21 heavy (non-hydrogen) atoms. The van der Waals surface area contributed by atoms with Gasteiger partial charge < -0.3 is 24.8 Å². The zero-order valence-corrected chi connectivity index (χ0v) is 16.9. The van der Waals surface area contributed by atoms with Gasteiger partial charge in [0.25, 0.3) is 0 Å². The molecule has 0 aliphatic heterocycles. The summed E-state index contributed by atoms with van der Waals surface area (Å²) in [6.07, 6.45) is 16.6. The predicted molar refractivity (Wildman–Crippen MR) is 79.9 cm³/mol. The van der Waals surface area contributed by atoms with Gasteiger partial charge >= 0.3 is 129 Å². The van der Waals surface area contributed by atoms with Gasteiger partial charge in [0.05, 0.1) is 0 Å². The molecule has 0 bridgehead atoms. The van der Waals surface area contributed by atoms with Crippen molar-refractivity contribution >= 4 is 3.21 Å². The first kappa shape index (κ1) is 19.3. The Hall–Kier alpha value is 0.293. The van der Waals surface area contributed by atoms with Crippen LogP contribution in [0.25, 0.3) is 0 Å². The van der Waals surface area contributed by atoms with Crippen molar-refractivity contribution in [3.8, 4) is 0 Å². The molecule has 0 heterocycles. The van der Waals surface area contributed by atoms with E-state index in [4.69, 9.17) is 0 Å². The van der Waals surface area contributed by atoms with Crippen molar-refractivity contribution in [3.63, 3.8) is 0 Å². The van der Waals surface area contributed by atoms with Crippen molar-refractivity contribution in [3.05, 3.63) is 43.8 Å². The maximum Gasteiger partial charge on any atom is -1.00 e. The summed E-state index contributed by atoms with van der Waals surface area (Å²) in [7, 11) is 0. The minimum Gasteiger partial charge on any atom is -1.00 e. The maximum absolute atomic E-state index is 2.38. The van der Waals surface area contributed by atoms with E-state index in [-0.39, 0.29) is 24.8 Å². The van der Waals surface area contributed by atoms with Gasteiger partial charge in [-0.15, -0.1) is 0 Å². The van der Waals surface area contributed by atoms with Crippen LogP contribution in [-0.2, 0) is 22.8 Å². The van der Waals surface area contributed by atoms with Gasteiger partial charge in [-0.1, -0.05) is 0 Å². The third kappa shape index (κ3) is 4.40. The molecule has 0 unspecified atom stereocenters. The molecular formula is C18H23Cl2Zr. The molecule has 0 spiro atoms. The Balaban J connectivity index is 0.00000110. The quantitative estimate of drug-likeness (QED) is 0.563. The van der Waals surface area contributed by atoms with E-state index in [2.05, 4.69) is 32.1 Å². The fourth-order valence-electron chi connectivity index (χ4n) is 3.37. The molecule has 1 fully saturated rings. The average molecular weight is 402 g/mol. The van der Waals surface area contributed by atoms with E-state index < -0.39 is 22.8 Å². The van der Waals surface area contributed by atoms with Gasteiger partial charge in [-0.3, -0.25) is 0 Å². The van der Waals surface area contributed by atoms with Crippen LogP contribution in [0, 0.1) is 0 Å². The monoisotopic (exact) mass is 399 g/mol. The third-order valence-electron chi connectivity index (χ3n) is 4.77. The van der Waals surface area contributed by atoms with E-state index in [0.29, 0.717) is 0 Å². The van der Waals surface area contributed by atoms with Gasteiger partial charge in [-0.2, -0.15) is 0 Å². The number of allylic oxidation sites excluding steroid dienone is 8. The van der Waals surface area contributed by atoms with Gasteiger partial charge in [-0.25, -0.2) is 0 Å². The van der Waals surface area contributed by atoms with Crippen LogP contribution in [0.1, 0.15) is 58.8 Å². The van der Waals surface area contributed by atoms with Crippen LogP contribution in [0.15, 0.2) is 43.8 Å². The van der Waals surface area contributed by atoms with Crippen molar-refractivity contribution in [2.24, 2.45) is 0 Å². The van der Waals surface area contributed by atoms with E-state index in [9.17, 15) is 0 Å². The second kappa shape index (κ2) is 8.80. The summed E-state index contributed by atoms with van der Waals surface area (Å²) in [4.78, 5) is 0. The number of rotatable bonds is 2. The summed E-state index contributed by atoms with van der Waals surface area (Å²) >= 11 is -0.397. The fourth-order valence-corrected chi connectivity index (χ4v) is 7.48. The van der Waals surface area contributed by atoms with E-state index >= 15 is 0 Å². The van der Waals surface area contributed by atoms with Crippen LogP contribution in [0.3, 0.4) is 0 Å². The normalized spacial score (nSPS) is 21.0. The van der Waals surface area contributed by atoms with Crippen LogP contribution >= 0.6 is 0 Å². The summed E-state index contributed by atoms with van der Waals surface area (Å²) in [5.41, 5.74) is 6.50. The molecule has 113 valence electrons. The van der Waals surface area contributed by atoms with Crippen LogP contribution in [0.5, 0.6) is 0 Å². The first-order valence-electron chi connectivity index (χ1n) is 7.63. The summed E-state index contributed by atoms with van der Waals surface area (Å²) in [5, 5.41) is 0. The van der Waals surface area contributed by atoms with Crippen molar-refractivity contribution in [2.75, 3.05) is 0 Å². The summed E-state index contributed by atoms with van der Waals surface area (Å²) in [6.45, 7) is 4.73. The summed E-state index contributed by atoms with van der Waals surface area (Å²) in [5.74, 6) is 0. The molecule has 3 heteroatoms. The number of halogens is 2. The van der Waals surface area contributed by atoms with Crippen LogP contribution in [0.2, 0.25) is 0 Å². The molecule has 3 aliphatic rings. The van der Waals surface area contributed by atoms with Crippen molar-refractivity contribution < 1.29 is 47.6 Å². The Kier molecular flexibility index (Phi) is 8.11. The maximum atomic E-state index is 2.38. The molecule has 0 nitrogen and oxygen atoms in total. The first-order valence-corrected chi connectivity index (χ1v) is 10.1. The van der Waals surface area contributed by atoms with Crippen molar-refractivity contribution in [1.82, 2.24) is 0 Å².